The lowest BCUT2D eigenvalue weighted by Crippen LogP contribution is -2.44. The van der Waals surface area contributed by atoms with Crippen molar-refractivity contribution in [3.8, 4) is 0 Å². The molecule has 0 saturated carbocycles. The zero-order valence-corrected chi connectivity index (χ0v) is 10.5. The average molecular weight is 221 g/mol. The summed E-state index contributed by atoms with van der Waals surface area (Å²) in [6.07, 6.45) is 10.3. The molecule has 2 rings (SSSR count). The molecule has 3 nitrogen and oxygen atoms in total. The van der Waals surface area contributed by atoms with Gasteiger partial charge in [0.1, 0.15) is 5.82 Å². The Balaban J connectivity index is 2.06. The molecule has 1 aliphatic rings. The number of nitrogens with one attached hydrogen (secondary N) is 1. The smallest absolute Gasteiger partial charge is 0.110 e. The van der Waals surface area contributed by atoms with Gasteiger partial charge in [-0.2, -0.15) is 0 Å². The van der Waals surface area contributed by atoms with Gasteiger partial charge in [-0.15, -0.1) is 0 Å². The van der Waals surface area contributed by atoms with Gasteiger partial charge >= 0.3 is 0 Å². The zero-order valence-electron chi connectivity index (χ0n) is 10.5. The van der Waals surface area contributed by atoms with Crippen LogP contribution in [0.3, 0.4) is 0 Å². The highest BCUT2D eigenvalue weighted by Crippen LogP contribution is 2.22. The molecule has 1 atom stereocenters. The molecule has 1 N–H and O–H groups in total. The summed E-state index contributed by atoms with van der Waals surface area (Å²) in [5.41, 5.74) is 0.245. The molecule has 90 valence electrons. The van der Waals surface area contributed by atoms with Crippen molar-refractivity contribution in [1.29, 1.82) is 0 Å². The van der Waals surface area contributed by atoms with Crippen LogP contribution in [0, 0.1) is 0 Å². The molecule has 3 heteroatoms. The van der Waals surface area contributed by atoms with Gasteiger partial charge in [-0.1, -0.05) is 12.8 Å². The standard InChI is InChI=1S/C13H23N3/c1-3-16-10-9-14-12(16)11-13(2)7-5-4-6-8-15-13/h9-10,15H,3-8,11H2,1-2H3. The molecular formula is C13H23N3. The number of aromatic nitrogens is 2. The van der Waals surface area contributed by atoms with Crippen LogP contribution in [-0.4, -0.2) is 21.6 Å². The van der Waals surface area contributed by atoms with Gasteiger partial charge in [0.05, 0.1) is 0 Å². The average Bonchev–Trinajstić information content (AvgIpc) is 2.59. The van der Waals surface area contributed by atoms with Crippen molar-refractivity contribution in [1.82, 2.24) is 14.9 Å². The van der Waals surface area contributed by atoms with E-state index in [9.17, 15) is 0 Å². The van der Waals surface area contributed by atoms with Crippen LogP contribution < -0.4 is 5.32 Å². The molecule has 1 unspecified atom stereocenters. The Labute approximate surface area is 98.3 Å². The molecular weight excluding hydrogens is 198 g/mol. The topological polar surface area (TPSA) is 29.9 Å². The van der Waals surface area contributed by atoms with E-state index in [1.165, 1.54) is 31.5 Å². The molecule has 1 aliphatic heterocycles. The number of hydrogen-bond acceptors (Lipinski definition) is 2. The first-order chi connectivity index (χ1) is 7.73. The molecule has 2 heterocycles. The normalized spacial score (nSPS) is 26.6. The highest BCUT2D eigenvalue weighted by atomic mass is 15.1. The lowest BCUT2D eigenvalue weighted by atomic mass is 9.92. The summed E-state index contributed by atoms with van der Waals surface area (Å²) in [4.78, 5) is 4.48. The van der Waals surface area contributed by atoms with Crippen molar-refractivity contribution < 1.29 is 0 Å². The van der Waals surface area contributed by atoms with Gasteiger partial charge < -0.3 is 9.88 Å². The maximum absolute atomic E-state index is 4.48. The second-order valence-electron chi connectivity index (χ2n) is 5.10. The van der Waals surface area contributed by atoms with E-state index in [1.807, 2.05) is 6.20 Å². The van der Waals surface area contributed by atoms with Crippen LogP contribution in [0.2, 0.25) is 0 Å². The van der Waals surface area contributed by atoms with Gasteiger partial charge in [0.2, 0.25) is 0 Å². The molecule has 16 heavy (non-hydrogen) atoms. The Bertz CT molecular complexity index is 322. The quantitative estimate of drug-likeness (QED) is 0.849. The lowest BCUT2D eigenvalue weighted by Gasteiger charge is -2.29. The Morgan fingerprint density at radius 2 is 2.31 bits per heavy atom. The fourth-order valence-electron chi connectivity index (χ4n) is 2.59. The number of rotatable bonds is 3. The molecule has 1 aromatic rings. The highest BCUT2D eigenvalue weighted by molar-refractivity contribution is 5.01. The van der Waals surface area contributed by atoms with E-state index in [0.29, 0.717) is 0 Å². The van der Waals surface area contributed by atoms with Crippen molar-refractivity contribution in [3.05, 3.63) is 18.2 Å². The van der Waals surface area contributed by atoms with E-state index in [4.69, 9.17) is 0 Å². The second-order valence-corrected chi connectivity index (χ2v) is 5.10. The summed E-state index contributed by atoms with van der Waals surface area (Å²) in [7, 11) is 0. The van der Waals surface area contributed by atoms with Crippen molar-refractivity contribution in [2.24, 2.45) is 0 Å². The molecule has 0 aromatic carbocycles. The van der Waals surface area contributed by atoms with E-state index in [-0.39, 0.29) is 5.54 Å². The van der Waals surface area contributed by atoms with E-state index >= 15 is 0 Å². The van der Waals surface area contributed by atoms with Crippen molar-refractivity contribution in [2.75, 3.05) is 6.54 Å². The van der Waals surface area contributed by atoms with Gasteiger partial charge in [0, 0.05) is 30.9 Å². The third-order valence-electron chi connectivity index (χ3n) is 3.65. The van der Waals surface area contributed by atoms with Gasteiger partial charge in [0.25, 0.3) is 0 Å². The van der Waals surface area contributed by atoms with Crippen LogP contribution in [0.5, 0.6) is 0 Å². The van der Waals surface area contributed by atoms with Crippen LogP contribution >= 0.6 is 0 Å². The molecule has 0 spiro atoms. The van der Waals surface area contributed by atoms with Gasteiger partial charge in [-0.3, -0.25) is 0 Å². The summed E-state index contributed by atoms with van der Waals surface area (Å²) in [5.74, 6) is 1.22. The van der Waals surface area contributed by atoms with Crippen LogP contribution in [0.15, 0.2) is 12.4 Å². The fourth-order valence-corrected chi connectivity index (χ4v) is 2.59. The predicted molar refractivity (Wildman–Crippen MR) is 66.5 cm³/mol. The summed E-state index contributed by atoms with van der Waals surface area (Å²) < 4.78 is 2.25. The Morgan fingerprint density at radius 3 is 3.12 bits per heavy atom. The summed E-state index contributed by atoms with van der Waals surface area (Å²) >= 11 is 0. The minimum atomic E-state index is 0.245. The molecule has 0 bridgehead atoms. The highest BCUT2D eigenvalue weighted by Gasteiger charge is 2.26. The third kappa shape index (κ3) is 2.64. The number of nitrogens with zero attached hydrogens (tertiary/aromatic N) is 2. The number of aryl methyl sites for hydroxylation is 1. The first-order valence-corrected chi connectivity index (χ1v) is 6.48. The second kappa shape index (κ2) is 5.00. The third-order valence-corrected chi connectivity index (χ3v) is 3.65. The van der Waals surface area contributed by atoms with E-state index in [2.05, 4.69) is 34.9 Å². The van der Waals surface area contributed by atoms with Crippen molar-refractivity contribution in [3.63, 3.8) is 0 Å². The van der Waals surface area contributed by atoms with Gasteiger partial charge in [-0.05, 0) is 33.2 Å². The molecule has 1 aromatic heterocycles. The maximum atomic E-state index is 4.48. The molecule has 1 fully saturated rings. The van der Waals surface area contributed by atoms with Crippen LogP contribution in [0.4, 0.5) is 0 Å². The van der Waals surface area contributed by atoms with Crippen LogP contribution in [0.1, 0.15) is 45.4 Å². The fraction of sp³-hybridized carbons (Fsp3) is 0.769. The van der Waals surface area contributed by atoms with E-state index < -0.39 is 0 Å². The van der Waals surface area contributed by atoms with Crippen LogP contribution in [0.25, 0.3) is 0 Å². The first-order valence-electron chi connectivity index (χ1n) is 6.48. The Kier molecular flexibility index (Phi) is 3.64. The van der Waals surface area contributed by atoms with Crippen molar-refractivity contribution >= 4 is 0 Å². The summed E-state index contributed by atoms with van der Waals surface area (Å²) in [6.45, 7) is 6.69. The monoisotopic (exact) mass is 221 g/mol. The first kappa shape index (κ1) is 11.6. The predicted octanol–water partition coefficient (Wildman–Crippen LogP) is 2.37. The van der Waals surface area contributed by atoms with Gasteiger partial charge in [0.15, 0.2) is 0 Å². The molecule has 0 radical (unpaired) electrons. The molecule has 1 saturated heterocycles. The van der Waals surface area contributed by atoms with Gasteiger partial charge in [-0.25, -0.2) is 4.98 Å². The minimum Gasteiger partial charge on any atom is -0.335 e. The molecule has 0 amide bonds. The Morgan fingerprint density at radius 1 is 1.44 bits per heavy atom. The lowest BCUT2D eigenvalue weighted by molar-refractivity contribution is 0.335. The maximum Gasteiger partial charge on any atom is 0.110 e. The van der Waals surface area contributed by atoms with E-state index in [1.54, 1.807) is 0 Å². The Hall–Kier alpha value is -0.830. The summed E-state index contributed by atoms with van der Waals surface area (Å²) in [6, 6.07) is 0. The number of imidazole rings is 1. The van der Waals surface area contributed by atoms with E-state index in [0.717, 1.165) is 19.5 Å². The zero-order chi connectivity index (χ0) is 11.4. The molecule has 0 aliphatic carbocycles. The SMILES string of the molecule is CCn1ccnc1CC1(C)CCCCCN1. The summed E-state index contributed by atoms with van der Waals surface area (Å²) in [5, 5.41) is 3.69. The largest absolute Gasteiger partial charge is 0.335 e. The number of hydrogen-bond donors (Lipinski definition) is 1. The van der Waals surface area contributed by atoms with Crippen molar-refractivity contribution in [2.45, 2.75) is 58.0 Å². The van der Waals surface area contributed by atoms with Crippen LogP contribution in [-0.2, 0) is 13.0 Å². The minimum absolute atomic E-state index is 0.245.